The largest absolute Gasteiger partial charge is 1.00 e. The molecule has 0 aliphatic heterocycles. The molecule has 1 atom stereocenters. The number of aliphatic carboxylic acids is 1. The third-order valence-corrected chi connectivity index (χ3v) is 1.08. The Kier molecular flexibility index (Phi) is 3.69. The Morgan fingerprint density at radius 2 is 2.17 bits per heavy atom. The molecule has 0 aromatic carbocycles. The number of rotatable bonds is 4. The third-order valence-electron chi connectivity index (χ3n) is 1.08. The summed E-state index contributed by atoms with van der Waals surface area (Å²) in [5.41, 5.74) is 0. The average Bonchev–Trinajstić information content (AvgIpc) is 1.79. The van der Waals surface area contributed by atoms with Gasteiger partial charge in [0.15, 0.2) is 0 Å². The van der Waals surface area contributed by atoms with Crippen LogP contribution in [-0.4, -0.2) is 54.4 Å². The molecule has 4 nitrogen and oxygen atoms in total. The van der Waals surface area contributed by atoms with Gasteiger partial charge in [0.2, 0.25) is 0 Å². The Bertz CT molecular complexity index is 220. The second-order valence-corrected chi connectivity index (χ2v) is 3.12. The van der Waals surface area contributed by atoms with Crippen molar-refractivity contribution < 1.29 is 36.0 Å². The van der Waals surface area contributed by atoms with Crippen molar-refractivity contribution in [3.63, 3.8) is 0 Å². The van der Waals surface area contributed by atoms with E-state index in [0.29, 0.717) is 0 Å². The van der Waals surface area contributed by atoms with E-state index in [1.54, 1.807) is 0 Å². The Morgan fingerprint density at radius 1 is 1.67 bits per heavy atom. The number of hydrogen-bond acceptors (Lipinski definition) is 2. The molecule has 0 bridgehead atoms. The molecule has 0 amide bonds. The van der Waals surface area contributed by atoms with E-state index >= 15 is 0 Å². The number of halogens is 1. The van der Waals surface area contributed by atoms with Gasteiger partial charge in [-0.1, -0.05) is 0 Å². The van der Waals surface area contributed by atoms with Gasteiger partial charge in [-0.3, -0.25) is 4.79 Å². The van der Waals surface area contributed by atoms with E-state index in [1.807, 2.05) is 0 Å². The highest BCUT2D eigenvalue weighted by molar-refractivity contribution is 5.67. The molecule has 0 aliphatic carbocycles. The van der Waals surface area contributed by atoms with E-state index in [2.05, 4.69) is 0 Å². The number of likely N-dealkylation sites (N-methyl/N-ethyl adjacent to an activating group) is 1. The molecule has 0 aromatic rings. The zero-order valence-electron chi connectivity index (χ0n) is 10.1. The number of nitrogens with zero attached hydrogens (tertiary/aromatic N) is 1. The summed E-state index contributed by atoms with van der Waals surface area (Å²) < 4.78 is 21.1. The molecule has 0 rings (SSSR count). The first-order valence-electron chi connectivity index (χ1n) is 4.79. The number of hydrogen-bond donors (Lipinski definition) is 2. The van der Waals surface area contributed by atoms with Crippen LogP contribution in [0.25, 0.3) is 0 Å². The molecule has 0 aliphatic rings. The van der Waals surface area contributed by atoms with Crippen LogP contribution in [-0.2, 0) is 4.79 Å². The van der Waals surface area contributed by atoms with Crippen LogP contribution >= 0.6 is 0 Å². The molecule has 0 saturated carbocycles. The summed E-state index contributed by atoms with van der Waals surface area (Å²) in [5, 5.41) is 17.6. The van der Waals surface area contributed by atoms with Crippen molar-refractivity contribution in [2.45, 2.75) is 12.5 Å². The minimum atomic E-state index is -2.25. The molecule has 0 saturated heterocycles. The molecular weight excluding hydrogens is 182 g/mol. The van der Waals surface area contributed by atoms with Gasteiger partial charge in [-0.05, 0) is 0 Å². The van der Waals surface area contributed by atoms with E-state index in [9.17, 15) is 9.90 Å². The predicted octanol–water partition coefficient (Wildman–Crippen LogP) is -3.47. The van der Waals surface area contributed by atoms with Crippen molar-refractivity contribution in [3.05, 3.63) is 0 Å². The SMILES string of the molecule is [2H]C([2H])([2H])[N+](C)(C)C[C@H](O)CC(=O)O.[Cl-]. The summed E-state index contributed by atoms with van der Waals surface area (Å²) in [6.45, 7) is -2.36. The van der Waals surface area contributed by atoms with Crippen LogP contribution in [0.1, 0.15) is 10.5 Å². The van der Waals surface area contributed by atoms with Crippen LogP contribution in [0.15, 0.2) is 0 Å². The maximum atomic E-state index is 10.2. The van der Waals surface area contributed by atoms with E-state index in [1.165, 1.54) is 14.1 Å². The Hall–Kier alpha value is -0.320. The van der Waals surface area contributed by atoms with E-state index < -0.39 is 30.0 Å². The lowest BCUT2D eigenvalue weighted by atomic mass is 10.2. The van der Waals surface area contributed by atoms with Gasteiger partial charge < -0.3 is 27.1 Å². The molecule has 0 aromatic heterocycles. The lowest BCUT2D eigenvalue weighted by molar-refractivity contribution is -0.873. The molecule has 74 valence electrons. The lowest BCUT2D eigenvalue weighted by Gasteiger charge is -2.25. The zero-order chi connectivity index (χ0) is 11.6. The summed E-state index contributed by atoms with van der Waals surface area (Å²) >= 11 is 0. The van der Waals surface area contributed by atoms with Crippen LogP contribution in [0.4, 0.5) is 0 Å². The third kappa shape index (κ3) is 9.68. The van der Waals surface area contributed by atoms with E-state index in [-0.39, 0.29) is 19.0 Å². The maximum absolute atomic E-state index is 10.2. The van der Waals surface area contributed by atoms with Crippen molar-refractivity contribution in [2.75, 3.05) is 27.6 Å². The fraction of sp³-hybridized carbons (Fsp3) is 0.857. The second kappa shape index (κ2) is 5.35. The van der Waals surface area contributed by atoms with Crippen LogP contribution in [0.2, 0.25) is 0 Å². The van der Waals surface area contributed by atoms with Gasteiger partial charge in [0.1, 0.15) is 12.6 Å². The molecule has 2 N–H and O–H groups in total. The van der Waals surface area contributed by atoms with Crippen LogP contribution < -0.4 is 12.4 Å². The number of carboxylic acid groups (broad SMARTS) is 1. The molecule has 0 unspecified atom stereocenters. The van der Waals surface area contributed by atoms with E-state index in [0.717, 1.165) is 0 Å². The highest BCUT2D eigenvalue weighted by atomic mass is 35.5. The van der Waals surface area contributed by atoms with Crippen LogP contribution in [0.3, 0.4) is 0 Å². The summed E-state index contributed by atoms with van der Waals surface area (Å²) in [6, 6.07) is 0. The molecule has 0 spiro atoms. The average molecular weight is 201 g/mol. The quantitative estimate of drug-likeness (QED) is 0.464. The summed E-state index contributed by atoms with van der Waals surface area (Å²) in [5.74, 6) is -1.14. The van der Waals surface area contributed by atoms with E-state index in [4.69, 9.17) is 9.22 Å². The molecule has 0 fully saturated rings. The van der Waals surface area contributed by atoms with Gasteiger partial charge >= 0.3 is 5.97 Å². The molecule has 0 heterocycles. The van der Waals surface area contributed by atoms with Gasteiger partial charge in [0.05, 0.1) is 31.6 Å². The van der Waals surface area contributed by atoms with Crippen LogP contribution in [0.5, 0.6) is 0 Å². The second-order valence-electron chi connectivity index (χ2n) is 3.12. The topological polar surface area (TPSA) is 57.5 Å². The standard InChI is InChI=1S/C7H15NO3.ClH/c1-8(2,3)5-6(9)4-7(10)11;/h6,9H,4-5H2,1-3H3;1H/t6-;/m1./s1/i1D3;. The Labute approximate surface area is 83.0 Å². The summed E-state index contributed by atoms with van der Waals surface area (Å²) in [6.07, 6.45) is -1.57. The van der Waals surface area contributed by atoms with Crippen LogP contribution in [0, 0.1) is 0 Å². The highest BCUT2D eigenvalue weighted by Gasteiger charge is 2.17. The number of carboxylic acids is 1. The summed E-state index contributed by atoms with van der Waals surface area (Å²) in [7, 11) is 2.86. The Balaban J connectivity index is 0. The van der Waals surface area contributed by atoms with Crippen molar-refractivity contribution >= 4 is 5.97 Å². The van der Waals surface area contributed by atoms with Crippen molar-refractivity contribution in [1.82, 2.24) is 0 Å². The monoisotopic (exact) mass is 200 g/mol. The highest BCUT2D eigenvalue weighted by Crippen LogP contribution is 1.98. The first-order valence-corrected chi connectivity index (χ1v) is 3.29. The zero-order valence-corrected chi connectivity index (χ0v) is 7.88. The minimum absolute atomic E-state index is 0. The van der Waals surface area contributed by atoms with Gasteiger partial charge in [-0.25, -0.2) is 0 Å². The van der Waals surface area contributed by atoms with Gasteiger partial charge in [0.25, 0.3) is 0 Å². The van der Waals surface area contributed by atoms with Crippen molar-refractivity contribution in [3.8, 4) is 0 Å². The Morgan fingerprint density at radius 3 is 2.50 bits per heavy atom. The fourth-order valence-electron chi connectivity index (χ4n) is 0.793. The summed E-state index contributed by atoms with van der Waals surface area (Å²) in [4.78, 5) is 10.2. The molecule has 0 radical (unpaired) electrons. The number of quaternary nitrogens is 1. The number of aliphatic hydroxyl groups excluding tert-OH is 1. The van der Waals surface area contributed by atoms with Gasteiger partial charge in [-0.15, -0.1) is 0 Å². The number of aliphatic hydroxyl groups is 1. The first kappa shape index (κ1) is 8.29. The van der Waals surface area contributed by atoms with Gasteiger partial charge in [-0.2, -0.15) is 0 Å². The van der Waals surface area contributed by atoms with Gasteiger partial charge in [0, 0.05) is 0 Å². The first-order chi connectivity index (χ1) is 6.06. The number of carbonyl (C=O) groups is 1. The molecular formula is C7H16ClNO3. The smallest absolute Gasteiger partial charge is 0.306 e. The molecule has 12 heavy (non-hydrogen) atoms. The minimum Gasteiger partial charge on any atom is -1.00 e. The predicted molar refractivity (Wildman–Crippen MR) is 41.2 cm³/mol. The fourth-order valence-corrected chi connectivity index (χ4v) is 0.793. The molecule has 5 heteroatoms. The lowest BCUT2D eigenvalue weighted by Crippen LogP contribution is -3.00. The van der Waals surface area contributed by atoms with Crippen molar-refractivity contribution in [2.24, 2.45) is 0 Å². The normalized spacial score (nSPS) is 18.1. The van der Waals surface area contributed by atoms with Crippen molar-refractivity contribution in [1.29, 1.82) is 0 Å². The maximum Gasteiger partial charge on any atom is 0.306 e.